The van der Waals surface area contributed by atoms with Crippen molar-refractivity contribution < 1.29 is 4.79 Å². The molecule has 1 saturated heterocycles. The van der Waals surface area contributed by atoms with Gasteiger partial charge in [-0.05, 0) is 18.1 Å². The fraction of sp³-hybridized carbons (Fsp3) is 0.222. The highest BCUT2D eigenvalue weighted by Gasteiger charge is 2.27. The van der Waals surface area contributed by atoms with Crippen molar-refractivity contribution in [1.82, 2.24) is 9.88 Å². The number of nitrogens with one attached hydrogen (secondary N) is 2. The van der Waals surface area contributed by atoms with Crippen LogP contribution in [0.25, 0.3) is 0 Å². The van der Waals surface area contributed by atoms with E-state index in [-0.39, 0.29) is 11.8 Å². The van der Waals surface area contributed by atoms with Gasteiger partial charge in [0.25, 0.3) is 5.91 Å². The van der Waals surface area contributed by atoms with Crippen LogP contribution in [0.1, 0.15) is 26.7 Å². The largest absolute Gasteiger partial charge is 0.336 e. The molecule has 1 aliphatic heterocycles. The molecule has 5 nitrogen and oxygen atoms in total. The third-order valence-corrected chi connectivity index (χ3v) is 4.71. The van der Waals surface area contributed by atoms with E-state index in [1.807, 2.05) is 30.3 Å². The molecular weight excluding hydrogens is 320 g/mol. The van der Waals surface area contributed by atoms with Gasteiger partial charge in [0.1, 0.15) is 4.88 Å². The Morgan fingerprint density at radius 1 is 1.33 bits per heavy atom. The van der Waals surface area contributed by atoms with Gasteiger partial charge in [0, 0.05) is 42.9 Å². The summed E-state index contributed by atoms with van der Waals surface area (Å²) < 4.78 is 0. The Kier molecular flexibility index (Phi) is 4.82. The van der Waals surface area contributed by atoms with Crippen LogP contribution in [0.15, 0.2) is 36.5 Å². The van der Waals surface area contributed by atoms with Gasteiger partial charge in [-0.1, -0.05) is 24.1 Å². The number of likely N-dealkylation sites (tertiary alicyclic amines) is 1. The monoisotopic (exact) mass is 336 g/mol. The van der Waals surface area contributed by atoms with Gasteiger partial charge in [0.15, 0.2) is 5.01 Å². The summed E-state index contributed by atoms with van der Waals surface area (Å²) in [6.07, 6.45) is 3.32. The van der Waals surface area contributed by atoms with Crippen molar-refractivity contribution in [3.8, 4) is 11.8 Å². The minimum absolute atomic E-state index is 0.0976. The Hall–Kier alpha value is -2.78. The normalized spacial score (nSPS) is 17.1. The number of aromatic nitrogens is 1. The molecule has 0 aliphatic carbocycles. The summed E-state index contributed by atoms with van der Waals surface area (Å²) >= 11 is 1.28. The molecule has 0 radical (unpaired) electrons. The van der Waals surface area contributed by atoms with E-state index >= 15 is 0 Å². The molecule has 2 heterocycles. The van der Waals surface area contributed by atoms with Crippen LogP contribution in [0.5, 0.6) is 0 Å². The van der Waals surface area contributed by atoms with Crippen LogP contribution in [0.4, 0.5) is 0 Å². The molecule has 6 heteroatoms. The van der Waals surface area contributed by atoms with Crippen LogP contribution in [-0.4, -0.2) is 40.8 Å². The number of thiazole rings is 1. The molecule has 1 atom stereocenters. The Bertz CT molecular complexity index is 831. The van der Waals surface area contributed by atoms with Gasteiger partial charge in [-0.3, -0.25) is 4.79 Å². The number of nitrogens with zero attached hydrogens (tertiary/aromatic N) is 2. The second kappa shape index (κ2) is 7.20. The van der Waals surface area contributed by atoms with E-state index in [2.05, 4.69) is 16.8 Å². The van der Waals surface area contributed by atoms with Crippen molar-refractivity contribution in [2.45, 2.75) is 6.42 Å². The van der Waals surface area contributed by atoms with E-state index in [1.165, 1.54) is 17.6 Å². The van der Waals surface area contributed by atoms with Crippen molar-refractivity contribution in [3.05, 3.63) is 52.0 Å². The van der Waals surface area contributed by atoms with Crippen LogP contribution in [0.3, 0.4) is 0 Å². The molecule has 3 rings (SSSR count). The van der Waals surface area contributed by atoms with Gasteiger partial charge in [-0.2, -0.15) is 0 Å². The van der Waals surface area contributed by atoms with Gasteiger partial charge >= 0.3 is 0 Å². The second-order valence-corrected chi connectivity index (χ2v) is 6.48. The molecule has 24 heavy (non-hydrogen) atoms. The lowest BCUT2D eigenvalue weighted by atomic mass is 9.97. The molecule has 0 saturated carbocycles. The Labute approximate surface area is 144 Å². The average molecular weight is 336 g/mol. The van der Waals surface area contributed by atoms with E-state index in [4.69, 9.17) is 10.8 Å². The maximum Gasteiger partial charge on any atom is 0.265 e. The molecule has 0 bridgehead atoms. The van der Waals surface area contributed by atoms with Crippen molar-refractivity contribution in [2.24, 2.45) is 5.92 Å². The quantitative estimate of drug-likeness (QED) is 0.653. The predicted octanol–water partition coefficient (Wildman–Crippen LogP) is 2.67. The fourth-order valence-electron chi connectivity index (χ4n) is 2.45. The molecule has 1 aromatic heterocycles. The summed E-state index contributed by atoms with van der Waals surface area (Å²) in [4.78, 5) is 19.0. The topological polar surface area (TPSA) is 80.9 Å². The molecule has 1 aromatic carbocycles. The zero-order chi connectivity index (χ0) is 16.9. The number of amides is 1. The van der Waals surface area contributed by atoms with Gasteiger partial charge in [0.2, 0.25) is 0 Å². The summed E-state index contributed by atoms with van der Waals surface area (Å²) in [7, 11) is 0. The summed E-state index contributed by atoms with van der Waals surface area (Å²) in [6, 6.07) is 9.63. The highest BCUT2D eigenvalue weighted by Crippen LogP contribution is 2.19. The van der Waals surface area contributed by atoms with Gasteiger partial charge in [-0.15, -0.1) is 11.3 Å². The number of benzene rings is 1. The van der Waals surface area contributed by atoms with E-state index in [0.717, 1.165) is 5.56 Å². The fourth-order valence-corrected chi connectivity index (χ4v) is 3.19. The summed E-state index contributed by atoms with van der Waals surface area (Å²) in [5.74, 6) is 5.64. The smallest absolute Gasteiger partial charge is 0.265 e. The van der Waals surface area contributed by atoms with Crippen LogP contribution in [0, 0.1) is 28.6 Å². The zero-order valence-corrected chi connectivity index (χ0v) is 13.8. The number of hydrogen-bond donors (Lipinski definition) is 2. The van der Waals surface area contributed by atoms with Crippen LogP contribution in [0.2, 0.25) is 0 Å². The zero-order valence-electron chi connectivity index (χ0n) is 13.0. The minimum Gasteiger partial charge on any atom is -0.336 e. The standard InChI is InChI=1S/C18H16N4OS/c19-10-14-12-22(9-8-15(14)20)18(23)16-11-21-17(24-16)7-6-13-4-2-1-3-5-13/h1-5,10-11,14,19-20H,8-9,12H2. The third-order valence-electron chi connectivity index (χ3n) is 3.81. The highest BCUT2D eigenvalue weighted by atomic mass is 32.1. The van der Waals surface area contributed by atoms with E-state index < -0.39 is 0 Å². The molecule has 2 aromatic rings. The van der Waals surface area contributed by atoms with Crippen molar-refractivity contribution in [1.29, 1.82) is 10.8 Å². The molecule has 1 fully saturated rings. The lowest BCUT2D eigenvalue weighted by molar-refractivity contribution is 0.0750. The molecule has 120 valence electrons. The van der Waals surface area contributed by atoms with Crippen LogP contribution < -0.4 is 0 Å². The first kappa shape index (κ1) is 16.1. The lowest BCUT2D eigenvalue weighted by Crippen LogP contribution is -2.44. The van der Waals surface area contributed by atoms with Crippen molar-refractivity contribution in [2.75, 3.05) is 13.1 Å². The first-order chi connectivity index (χ1) is 11.7. The van der Waals surface area contributed by atoms with Crippen molar-refractivity contribution in [3.63, 3.8) is 0 Å². The van der Waals surface area contributed by atoms with E-state index in [9.17, 15) is 4.79 Å². The Morgan fingerprint density at radius 2 is 2.12 bits per heavy atom. The molecule has 2 N–H and O–H groups in total. The van der Waals surface area contributed by atoms with E-state index in [0.29, 0.717) is 35.1 Å². The first-order valence-electron chi connectivity index (χ1n) is 7.57. The van der Waals surface area contributed by atoms with Crippen molar-refractivity contribution >= 4 is 29.2 Å². The predicted molar refractivity (Wildman–Crippen MR) is 95.1 cm³/mol. The summed E-state index contributed by atoms with van der Waals surface area (Å²) in [5.41, 5.74) is 1.43. The molecule has 1 amide bonds. The minimum atomic E-state index is -0.270. The number of carbonyl (C=O) groups is 1. The summed E-state index contributed by atoms with van der Waals surface area (Å²) in [5, 5.41) is 15.8. The third kappa shape index (κ3) is 3.58. The average Bonchev–Trinajstić information content (AvgIpc) is 3.10. The summed E-state index contributed by atoms with van der Waals surface area (Å²) in [6.45, 7) is 0.912. The van der Waals surface area contributed by atoms with E-state index in [1.54, 1.807) is 11.1 Å². The number of carbonyl (C=O) groups excluding carboxylic acids is 1. The number of piperidine rings is 1. The number of hydrogen-bond acceptors (Lipinski definition) is 5. The lowest BCUT2D eigenvalue weighted by Gasteiger charge is -2.31. The van der Waals surface area contributed by atoms with Gasteiger partial charge in [0.05, 0.1) is 6.20 Å². The number of rotatable bonds is 2. The first-order valence-corrected chi connectivity index (χ1v) is 8.39. The second-order valence-electron chi connectivity index (χ2n) is 5.45. The molecular formula is C18H16N4OS. The molecule has 0 spiro atoms. The highest BCUT2D eigenvalue weighted by molar-refractivity contribution is 7.14. The Morgan fingerprint density at radius 3 is 2.88 bits per heavy atom. The maximum atomic E-state index is 12.6. The maximum absolute atomic E-state index is 12.6. The van der Waals surface area contributed by atoms with Crippen LogP contribution >= 0.6 is 11.3 Å². The molecule has 1 aliphatic rings. The van der Waals surface area contributed by atoms with Gasteiger partial charge in [-0.25, -0.2) is 4.98 Å². The van der Waals surface area contributed by atoms with Crippen LogP contribution in [-0.2, 0) is 0 Å². The molecule has 1 unspecified atom stereocenters. The Balaban J connectivity index is 1.71. The SMILES string of the molecule is N=CC1CN(C(=O)c2cnc(C#Cc3ccccc3)s2)CCC1=N. The van der Waals surface area contributed by atoms with Gasteiger partial charge < -0.3 is 15.7 Å².